The maximum Gasteiger partial charge on any atom is 0.397 e. The molecule has 0 aliphatic carbocycles. The Kier molecular flexibility index (Phi) is 31.3. The smallest absolute Gasteiger partial charge is 0.397 e. The van der Waals surface area contributed by atoms with Gasteiger partial charge in [-0.25, -0.2) is 40.1 Å². The SMILES string of the molecule is CO[C@@H]1O[C@@H](C(=O)O)[C@@H](O[C@H]2O[C@H](COS(=O)(=O)O)[C@@H](OC3O[C@@H](C(=O)O)[C@@H](O[C@H]4O[C@H](COS(=O)(=O)O)[C@@H](O[C@@H]5O[C@H](C(=O)O)[C@@H](O[C@H]6O[C@H](COS(=O)(=O)O)[C@@H](O[C@@H]7OC(C(=O)O)=C[C@H](O)[C@H]7O)[C@H](O)[C@H]6NC(C)=O)[C@H](O)[C@H]5O)[C@H](OS(=O)(=O)O)[C@H]4NS(=O)(=O)O)[C@H](O)[C@H]3OS(=O)(=O)O)[C@H](O)[C@H]2NS(=O)(=O)O)[C@H](O)[C@H]1O. The number of carbonyl (C=O) groups excluding carboxylic acids is 1. The Bertz CT molecular complexity index is 4250. The number of nitrogens with one attached hydrogen (secondary N) is 3. The van der Waals surface area contributed by atoms with Crippen LogP contribution in [0.2, 0.25) is 0 Å². The number of aliphatic hydroxyl groups excluding tert-OH is 9. The van der Waals surface area contributed by atoms with E-state index in [0.29, 0.717) is 13.0 Å². The quantitative estimate of drug-likeness (QED) is 0.0262. The van der Waals surface area contributed by atoms with Crippen molar-refractivity contribution in [2.45, 2.75) is 209 Å². The molecule has 0 aromatic carbocycles. The van der Waals surface area contributed by atoms with Gasteiger partial charge in [0.1, 0.15) is 134 Å². The van der Waals surface area contributed by atoms with Crippen LogP contribution in [0.25, 0.3) is 0 Å². The molecule has 654 valence electrons. The van der Waals surface area contributed by atoms with Crippen LogP contribution in [0.5, 0.6) is 0 Å². The first-order chi connectivity index (χ1) is 51.7. The summed E-state index contributed by atoms with van der Waals surface area (Å²) in [5.41, 5.74) is 0. The molecule has 33 atom stereocenters. The van der Waals surface area contributed by atoms with Crippen molar-refractivity contribution in [2.75, 3.05) is 26.9 Å². The molecule has 1 amide bonds. The van der Waals surface area contributed by atoms with E-state index in [1.807, 2.05) is 5.32 Å². The highest BCUT2D eigenvalue weighted by molar-refractivity contribution is 7.84. The molecule has 1 unspecified atom stereocenters. The van der Waals surface area contributed by atoms with Crippen LogP contribution in [0.1, 0.15) is 6.92 Å². The normalized spacial score (nSPS) is 39.9. The van der Waals surface area contributed by atoms with Gasteiger partial charge in [-0.05, 0) is 6.08 Å². The fraction of sp³-hybridized carbons (Fsp3) is 0.844. The lowest BCUT2D eigenvalue weighted by Gasteiger charge is -2.50. The van der Waals surface area contributed by atoms with Crippen LogP contribution in [-0.4, -0.2) is 416 Å². The van der Waals surface area contributed by atoms with Crippen LogP contribution in [0.4, 0.5) is 0 Å². The monoisotopic (exact) mass is 1800 g/mol. The molecule has 68 heteroatoms. The van der Waals surface area contributed by atoms with Crippen LogP contribution >= 0.6 is 0 Å². The summed E-state index contributed by atoms with van der Waals surface area (Å²) in [6, 6.07) is -8.52. The number of carboxylic acid groups (broad SMARTS) is 4. The predicted octanol–water partition coefficient (Wildman–Crippen LogP) is -16.0. The molecule has 7 aliphatic heterocycles. The van der Waals surface area contributed by atoms with Gasteiger partial charge in [-0.2, -0.15) is 68.4 Å². The second-order valence-electron chi connectivity index (χ2n) is 24.1. The Labute approximate surface area is 631 Å². The molecule has 7 rings (SSSR count). The number of hydrogen-bond donors (Lipinski definition) is 23. The minimum Gasteiger partial charge on any atom is -0.479 e. The first-order valence-corrected chi connectivity index (χ1v) is 40.1. The Morgan fingerprint density at radius 1 is 0.372 bits per heavy atom. The third-order valence-electron chi connectivity index (χ3n) is 16.3. The van der Waals surface area contributed by atoms with Gasteiger partial charge in [0.25, 0.3) is 0 Å². The van der Waals surface area contributed by atoms with Crippen molar-refractivity contribution >= 4 is 102 Å². The average molecular weight is 1800 g/mol. The van der Waals surface area contributed by atoms with Gasteiger partial charge in [0.15, 0.2) is 62.2 Å². The molecule has 6 saturated heterocycles. The van der Waals surface area contributed by atoms with Gasteiger partial charge in [0.2, 0.25) is 18.0 Å². The van der Waals surface area contributed by atoms with Crippen LogP contribution in [-0.2, 0) is 184 Å². The number of hydrogen-bond acceptors (Lipinski definition) is 47. The van der Waals surface area contributed by atoms with Gasteiger partial charge in [0, 0.05) is 14.0 Å². The fourth-order valence-electron chi connectivity index (χ4n) is 11.7. The largest absolute Gasteiger partial charge is 0.479 e. The van der Waals surface area contributed by atoms with Crippen molar-refractivity contribution in [1.82, 2.24) is 14.8 Å². The van der Waals surface area contributed by atoms with Crippen LogP contribution in [0.3, 0.4) is 0 Å². The zero-order valence-corrected chi connectivity index (χ0v) is 61.3. The molecule has 0 spiro atoms. The number of methoxy groups -OCH3 is 1. The summed E-state index contributed by atoms with van der Waals surface area (Å²) in [5.74, 6) is -11.4. The highest BCUT2D eigenvalue weighted by Crippen LogP contribution is 2.40. The molecule has 7 aliphatic rings. The van der Waals surface area contributed by atoms with Gasteiger partial charge >= 0.3 is 96.5 Å². The molecule has 0 bridgehead atoms. The Morgan fingerprint density at radius 3 is 1.12 bits per heavy atom. The van der Waals surface area contributed by atoms with Crippen LogP contribution in [0.15, 0.2) is 11.8 Å². The summed E-state index contributed by atoms with van der Waals surface area (Å²) in [6.45, 7) is -4.78. The summed E-state index contributed by atoms with van der Waals surface area (Å²) in [5, 5.41) is 144. The minimum atomic E-state index is -6.46. The van der Waals surface area contributed by atoms with Gasteiger partial charge in [-0.3, -0.25) is 36.7 Å². The van der Waals surface area contributed by atoms with E-state index in [1.54, 1.807) is 0 Å². The molecule has 0 aromatic rings. The number of carbonyl (C=O) groups is 5. The molecule has 0 radical (unpaired) electrons. The van der Waals surface area contributed by atoms with Crippen molar-refractivity contribution in [3.63, 3.8) is 0 Å². The van der Waals surface area contributed by atoms with Gasteiger partial charge in [-0.15, -0.1) is 0 Å². The lowest BCUT2D eigenvalue weighted by atomic mass is 9.94. The molecule has 0 saturated carbocycles. The first-order valence-electron chi connectivity index (χ1n) is 30.4. The number of carboxylic acids is 4. The minimum absolute atomic E-state index is 0.456. The maximum atomic E-state index is 13.3. The molecule has 7 heterocycles. The number of aliphatic hydroxyl groups is 9. The zero-order chi connectivity index (χ0) is 85.4. The molecular weight excluding hydrogens is 1730 g/mol. The zero-order valence-electron chi connectivity index (χ0n) is 55.6. The summed E-state index contributed by atoms with van der Waals surface area (Å²) in [6.07, 6.45) is -84.8. The van der Waals surface area contributed by atoms with Crippen molar-refractivity contribution in [3.05, 3.63) is 11.8 Å². The van der Waals surface area contributed by atoms with E-state index < -0.39 is 331 Å². The molecule has 0 aromatic heterocycles. The van der Waals surface area contributed by atoms with Crippen molar-refractivity contribution in [2.24, 2.45) is 0 Å². The number of ether oxygens (including phenoxy) is 14. The van der Waals surface area contributed by atoms with E-state index in [0.717, 1.165) is 11.8 Å². The van der Waals surface area contributed by atoms with E-state index in [-0.39, 0.29) is 0 Å². The second kappa shape index (κ2) is 37.2. The van der Waals surface area contributed by atoms with Gasteiger partial charge < -0.3 is 138 Å². The Balaban J connectivity index is 1.26. The van der Waals surface area contributed by atoms with E-state index in [2.05, 4.69) is 20.9 Å². The van der Waals surface area contributed by atoms with E-state index >= 15 is 0 Å². The number of rotatable bonds is 35. The molecular formula is C45H69N3O58S7. The molecule has 6 fully saturated rings. The predicted molar refractivity (Wildman–Crippen MR) is 326 cm³/mol. The summed E-state index contributed by atoms with van der Waals surface area (Å²) >= 11 is 0. The number of amides is 1. The van der Waals surface area contributed by atoms with E-state index in [1.165, 1.54) is 4.72 Å². The summed E-state index contributed by atoms with van der Waals surface area (Å²) in [4.78, 5) is 63.2. The third kappa shape index (κ3) is 25.6. The van der Waals surface area contributed by atoms with Gasteiger partial charge in [-0.1, -0.05) is 0 Å². The third-order valence-corrected chi connectivity index (χ3v) is 19.6. The Hall–Kier alpha value is -4.90. The van der Waals surface area contributed by atoms with Crippen LogP contribution < -0.4 is 14.8 Å². The van der Waals surface area contributed by atoms with Gasteiger partial charge in [0.05, 0.1) is 19.8 Å². The lowest BCUT2D eigenvalue weighted by molar-refractivity contribution is -0.377. The topological polar surface area (TPSA) is 940 Å². The first kappa shape index (κ1) is 95.2. The molecule has 61 nitrogen and oxygen atoms in total. The maximum absolute atomic E-state index is 13.3. The Morgan fingerprint density at radius 2 is 0.717 bits per heavy atom. The fourth-order valence-corrected chi connectivity index (χ4v) is 14.8. The van der Waals surface area contributed by atoms with Crippen molar-refractivity contribution < 1.29 is 268 Å². The number of aliphatic carboxylic acids is 4. The average Bonchev–Trinajstić information content (AvgIpc) is 0.749. The summed E-state index contributed by atoms with van der Waals surface area (Å²) < 4.78 is 342. The van der Waals surface area contributed by atoms with Crippen molar-refractivity contribution in [1.29, 1.82) is 0 Å². The van der Waals surface area contributed by atoms with Crippen LogP contribution in [0, 0.1) is 0 Å². The van der Waals surface area contributed by atoms with E-state index in [9.17, 15) is 181 Å². The lowest BCUT2D eigenvalue weighted by Crippen LogP contribution is -2.71. The highest BCUT2D eigenvalue weighted by atomic mass is 32.3. The molecule has 23 N–H and O–H groups in total. The summed E-state index contributed by atoms with van der Waals surface area (Å²) in [7, 11) is -41.5. The standard InChI is InChI=1S/C45H69N3O58S7/c1-7(49)46-13-17(52)24(96-43-16(51)8(50)3-9(92-43)35(59)60)10(4-89-109(73,74)75)93-39(13)99-29-20(55)22(57)44(103-33(29)37(63)64)98-26-12(6-91-111(79,80)81)95-41(15(48-108(70,71)72)27(26)105-112(82,83)84)101-30-23(58)31(106-113(85,86)87)45(104-34(30)38(65)66)97-25-11(5-90-110(76,77)78)94-40(14(18(25)53)47-107(67,68)69)100-28-19(54)21(56)42(88-2)102-32(28)36(61)62/h3,8,10-34,39-45,47-48,50-58H,4-6H2,1-2H3,(H,46,49)(H,59,60)(H,61,62)(H,63,64)(H,65,66)(H,67,68,69)(H,70,71,72)(H,73,74,75)(H,76,77,78)(H,79,80,81)(H,82,83,84)(H,85,86,87)/t8-,10+,11+,12+,13+,14+,15+,16+,17+,18+,19+,20+,21+,22+,23-,24+,25+,26+,27+,28-,29-,30-,31+,32+,33-,34+,39+,40+,41+,42+,43-,44+,45?/m0/s1. The molecule has 113 heavy (non-hydrogen) atoms. The van der Waals surface area contributed by atoms with E-state index in [4.69, 9.17) is 66.3 Å². The second-order valence-corrected chi connectivity index (χ2v) is 31.8. The van der Waals surface area contributed by atoms with Crippen molar-refractivity contribution in [3.8, 4) is 0 Å². The highest BCUT2D eigenvalue weighted by Gasteiger charge is 2.63.